The summed E-state index contributed by atoms with van der Waals surface area (Å²) < 4.78 is 0. The minimum atomic E-state index is -0.270. The Morgan fingerprint density at radius 2 is 1.73 bits per heavy atom. The van der Waals surface area contributed by atoms with Gasteiger partial charge in [-0.05, 0) is 56.2 Å². The van der Waals surface area contributed by atoms with E-state index in [9.17, 15) is 9.59 Å². The first kappa shape index (κ1) is 14.3. The molecule has 1 aromatic carbocycles. The molecule has 0 saturated heterocycles. The SMILES string of the molecule is CC(=O)c1ccc(NC(=O)c2ccc(NC3CC3)cn2)cc1. The maximum Gasteiger partial charge on any atom is 0.274 e. The predicted molar refractivity (Wildman–Crippen MR) is 85.3 cm³/mol. The van der Waals surface area contributed by atoms with E-state index in [-0.39, 0.29) is 11.7 Å². The second-order valence-corrected chi connectivity index (χ2v) is 5.44. The van der Waals surface area contributed by atoms with Crippen LogP contribution in [0.4, 0.5) is 11.4 Å². The molecule has 2 aromatic rings. The van der Waals surface area contributed by atoms with Crippen molar-refractivity contribution in [3.8, 4) is 0 Å². The molecule has 0 spiro atoms. The van der Waals surface area contributed by atoms with E-state index in [0.717, 1.165) is 5.69 Å². The van der Waals surface area contributed by atoms with Crippen LogP contribution in [0.5, 0.6) is 0 Å². The molecule has 2 N–H and O–H groups in total. The van der Waals surface area contributed by atoms with Crippen LogP contribution in [0.1, 0.15) is 40.6 Å². The first-order valence-corrected chi connectivity index (χ1v) is 7.27. The van der Waals surface area contributed by atoms with Crippen LogP contribution in [0.3, 0.4) is 0 Å². The Labute approximate surface area is 128 Å². The molecule has 0 atom stereocenters. The molecule has 1 saturated carbocycles. The Morgan fingerprint density at radius 1 is 1.05 bits per heavy atom. The lowest BCUT2D eigenvalue weighted by atomic mass is 10.1. The van der Waals surface area contributed by atoms with E-state index in [1.807, 2.05) is 6.07 Å². The van der Waals surface area contributed by atoms with Crippen molar-refractivity contribution in [2.45, 2.75) is 25.8 Å². The predicted octanol–water partition coefficient (Wildman–Crippen LogP) is 3.11. The van der Waals surface area contributed by atoms with Crippen molar-refractivity contribution in [1.29, 1.82) is 0 Å². The average molecular weight is 295 g/mol. The number of nitrogens with zero attached hydrogens (tertiary/aromatic N) is 1. The minimum Gasteiger partial charge on any atom is -0.381 e. The third-order valence-electron chi connectivity index (χ3n) is 3.49. The van der Waals surface area contributed by atoms with Gasteiger partial charge in [0.25, 0.3) is 5.91 Å². The van der Waals surface area contributed by atoms with E-state index in [4.69, 9.17) is 0 Å². The van der Waals surface area contributed by atoms with Crippen molar-refractivity contribution in [2.24, 2.45) is 0 Å². The van der Waals surface area contributed by atoms with Crippen LogP contribution in [-0.4, -0.2) is 22.7 Å². The van der Waals surface area contributed by atoms with Gasteiger partial charge in [-0.1, -0.05) is 0 Å². The van der Waals surface area contributed by atoms with E-state index in [0.29, 0.717) is 23.0 Å². The van der Waals surface area contributed by atoms with Gasteiger partial charge in [0.05, 0.1) is 11.9 Å². The first-order chi connectivity index (χ1) is 10.6. The van der Waals surface area contributed by atoms with Gasteiger partial charge in [-0.3, -0.25) is 9.59 Å². The number of benzene rings is 1. The van der Waals surface area contributed by atoms with Gasteiger partial charge in [-0.25, -0.2) is 4.98 Å². The fourth-order valence-electron chi connectivity index (χ4n) is 2.06. The van der Waals surface area contributed by atoms with Crippen LogP contribution in [0.25, 0.3) is 0 Å². The molecule has 0 bridgehead atoms. The first-order valence-electron chi connectivity index (χ1n) is 7.27. The van der Waals surface area contributed by atoms with E-state index in [1.165, 1.54) is 19.8 Å². The molecule has 1 amide bonds. The van der Waals surface area contributed by atoms with E-state index in [1.54, 1.807) is 36.5 Å². The van der Waals surface area contributed by atoms with Gasteiger partial charge >= 0.3 is 0 Å². The summed E-state index contributed by atoms with van der Waals surface area (Å²) in [5.74, 6) is -0.271. The molecule has 5 heteroatoms. The number of ketones is 1. The zero-order valence-corrected chi connectivity index (χ0v) is 12.3. The number of aromatic nitrogens is 1. The molecule has 0 aliphatic heterocycles. The topological polar surface area (TPSA) is 71.1 Å². The summed E-state index contributed by atoms with van der Waals surface area (Å²) in [5, 5.41) is 6.09. The molecule has 0 unspecified atom stereocenters. The van der Waals surface area contributed by atoms with Gasteiger partial charge in [0.15, 0.2) is 5.78 Å². The van der Waals surface area contributed by atoms with Crippen molar-refractivity contribution in [3.05, 3.63) is 53.9 Å². The van der Waals surface area contributed by atoms with Crippen LogP contribution in [0, 0.1) is 0 Å². The van der Waals surface area contributed by atoms with Crippen LogP contribution in [0.2, 0.25) is 0 Å². The van der Waals surface area contributed by atoms with Crippen molar-refractivity contribution < 1.29 is 9.59 Å². The molecule has 1 aromatic heterocycles. The number of nitrogens with one attached hydrogen (secondary N) is 2. The van der Waals surface area contributed by atoms with Crippen molar-refractivity contribution >= 4 is 23.1 Å². The highest BCUT2D eigenvalue weighted by atomic mass is 16.2. The normalized spacial score (nSPS) is 13.5. The zero-order valence-electron chi connectivity index (χ0n) is 12.3. The Balaban J connectivity index is 1.64. The Hall–Kier alpha value is -2.69. The summed E-state index contributed by atoms with van der Waals surface area (Å²) in [5.41, 5.74) is 2.55. The quantitative estimate of drug-likeness (QED) is 0.831. The second kappa shape index (κ2) is 5.97. The largest absolute Gasteiger partial charge is 0.381 e. The standard InChI is InChI=1S/C17H17N3O2/c1-11(21)12-2-4-14(5-3-12)20-17(22)16-9-8-15(10-18-16)19-13-6-7-13/h2-5,8-10,13,19H,6-7H2,1H3,(H,20,22). The third-order valence-corrected chi connectivity index (χ3v) is 3.49. The molecule has 3 rings (SSSR count). The van der Waals surface area contributed by atoms with Crippen molar-refractivity contribution in [1.82, 2.24) is 4.98 Å². The summed E-state index contributed by atoms with van der Waals surface area (Å²) in [6.07, 6.45) is 4.06. The number of anilines is 2. The molecule has 1 aliphatic rings. The fourth-order valence-corrected chi connectivity index (χ4v) is 2.06. The average Bonchev–Trinajstić information content (AvgIpc) is 3.32. The maximum atomic E-state index is 12.1. The maximum absolute atomic E-state index is 12.1. The summed E-state index contributed by atoms with van der Waals surface area (Å²) in [4.78, 5) is 27.5. The molecule has 112 valence electrons. The smallest absolute Gasteiger partial charge is 0.274 e. The van der Waals surface area contributed by atoms with Gasteiger partial charge in [0.2, 0.25) is 0 Å². The molecule has 22 heavy (non-hydrogen) atoms. The fraction of sp³-hybridized carbons (Fsp3) is 0.235. The van der Waals surface area contributed by atoms with Crippen molar-refractivity contribution in [2.75, 3.05) is 10.6 Å². The number of carbonyl (C=O) groups is 2. The van der Waals surface area contributed by atoms with E-state index in [2.05, 4.69) is 15.6 Å². The molecule has 1 heterocycles. The van der Waals surface area contributed by atoms with Gasteiger partial charge in [0.1, 0.15) is 5.69 Å². The van der Waals surface area contributed by atoms with E-state index >= 15 is 0 Å². The van der Waals surface area contributed by atoms with Gasteiger partial charge in [0, 0.05) is 17.3 Å². The highest BCUT2D eigenvalue weighted by Gasteiger charge is 2.20. The molecular weight excluding hydrogens is 278 g/mol. The molecule has 5 nitrogen and oxygen atoms in total. The Kier molecular flexibility index (Phi) is 3.87. The molecule has 1 aliphatic carbocycles. The minimum absolute atomic E-state index is 0.00158. The lowest BCUT2D eigenvalue weighted by Gasteiger charge is -2.07. The van der Waals surface area contributed by atoms with Crippen LogP contribution in [-0.2, 0) is 0 Å². The number of rotatable bonds is 5. The molecule has 0 radical (unpaired) electrons. The van der Waals surface area contributed by atoms with Crippen LogP contribution >= 0.6 is 0 Å². The lowest BCUT2D eigenvalue weighted by molar-refractivity contribution is 0.101. The Bertz CT molecular complexity index is 689. The Morgan fingerprint density at radius 3 is 2.27 bits per heavy atom. The summed E-state index contributed by atoms with van der Waals surface area (Å²) in [7, 11) is 0. The second-order valence-electron chi connectivity index (χ2n) is 5.44. The van der Waals surface area contributed by atoms with E-state index < -0.39 is 0 Å². The zero-order chi connectivity index (χ0) is 15.5. The van der Waals surface area contributed by atoms with Crippen LogP contribution in [0.15, 0.2) is 42.6 Å². The number of hydrogen-bond acceptors (Lipinski definition) is 4. The summed E-state index contributed by atoms with van der Waals surface area (Å²) in [6, 6.07) is 10.9. The lowest BCUT2D eigenvalue weighted by Crippen LogP contribution is -2.14. The monoisotopic (exact) mass is 295 g/mol. The van der Waals surface area contributed by atoms with Crippen LogP contribution < -0.4 is 10.6 Å². The number of hydrogen-bond donors (Lipinski definition) is 2. The number of pyridine rings is 1. The molecule has 1 fully saturated rings. The highest BCUT2D eigenvalue weighted by Crippen LogP contribution is 2.24. The number of amides is 1. The van der Waals surface area contributed by atoms with Crippen molar-refractivity contribution in [3.63, 3.8) is 0 Å². The number of carbonyl (C=O) groups excluding carboxylic acids is 2. The van der Waals surface area contributed by atoms with Gasteiger partial charge in [-0.2, -0.15) is 0 Å². The molecular formula is C17H17N3O2. The van der Waals surface area contributed by atoms with Gasteiger partial charge in [-0.15, -0.1) is 0 Å². The van der Waals surface area contributed by atoms with Gasteiger partial charge < -0.3 is 10.6 Å². The third kappa shape index (κ3) is 3.49. The summed E-state index contributed by atoms with van der Waals surface area (Å²) in [6.45, 7) is 1.51. The highest BCUT2D eigenvalue weighted by molar-refractivity contribution is 6.03. The number of Topliss-reactive ketones (excluding diaryl/α,β-unsaturated/α-hetero) is 1. The summed E-state index contributed by atoms with van der Waals surface area (Å²) >= 11 is 0.